The van der Waals surface area contributed by atoms with E-state index in [1.54, 1.807) is 0 Å². The highest BCUT2D eigenvalue weighted by atomic mass is 35.5. The van der Waals surface area contributed by atoms with Gasteiger partial charge in [-0.1, -0.05) is 11.6 Å². The number of amides is 1. The van der Waals surface area contributed by atoms with E-state index in [2.05, 4.69) is 5.32 Å². The Morgan fingerprint density at radius 3 is 2.65 bits per heavy atom. The lowest BCUT2D eigenvalue weighted by molar-refractivity contribution is -0.144. The van der Waals surface area contributed by atoms with Gasteiger partial charge >= 0.3 is 5.97 Å². The van der Waals surface area contributed by atoms with Crippen LogP contribution in [0.2, 0.25) is 5.02 Å². The summed E-state index contributed by atoms with van der Waals surface area (Å²) < 4.78 is 0. The maximum absolute atomic E-state index is 11.4. The lowest BCUT2D eigenvalue weighted by atomic mass is 10.1. The van der Waals surface area contributed by atoms with Gasteiger partial charge in [-0.05, 0) is 25.1 Å². The standard InChI is InChI=1S/C11H9ClN2O3/c1-6(11(16)17)10(15)14-9-3-2-7(5-13)4-8(9)12/h2-4,6H,1H3,(H,14,15)(H,16,17). The molecular weight excluding hydrogens is 244 g/mol. The number of nitriles is 1. The minimum Gasteiger partial charge on any atom is -0.481 e. The fourth-order valence-electron chi connectivity index (χ4n) is 1.04. The monoisotopic (exact) mass is 252 g/mol. The number of carbonyl (C=O) groups excluding carboxylic acids is 1. The highest BCUT2D eigenvalue weighted by molar-refractivity contribution is 6.33. The SMILES string of the molecule is CC(C(=O)O)C(=O)Nc1ccc(C#N)cc1Cl. The molecule has 5 nitrogen and oxygen atoms in total. The van der Waals surface area contributed by atoms with E-state index in [-0.39, 0.29) is 10.7 Å². The van der Waals surface area contributed by atoms with Gasteiger partial charge in [0.15, 0.2) is 0 Å². The van der Waals surface area contributed by atoms with Crippen molar-refractivity contribution in [1.82, 2.24) is 0 Å². The number of benzene rings is 1. The van der Waals surface area contributed by atoms with Crippen LogP contribution in [0.25, 0.3) is 0 Å². The number of anilines is 1. The van der Waals surface area contributed by atoms with Crippen LogP contribution in [0.1, 0.15) is 12.5 Å². The molecule has 2 N–H and O–H groups in total. The van der Waals surface area contributed by atoms with E-state index in [1.165, 1.54) is 25.1 Å². The third-order valence-corrected chi connectivity index (χ3v) is 2.43. The Balaban J connectivity index is 2.87. The van der Waals surface area contributed by atoms with Crippen molar-refractivity contribution >= 4 is 29.2 Å². The number of carboxylic acid groups (broad SMARTS) is 1. The molecule has 0 aliphatic heterocycles. The van der Waals surface area contributed by atoms with Crippen LogP contribution in [-0.2, 0) is 9.59 Å². The molecule has 1 aromatic rings. The molecule has 0 heterocycles. The fourth-order valence-corrected chi connectivity index (χ4v) is 1.27. The summed E-state index contributed by atoms with van der Waals surface area (Å²) in [5.74, 6) is -3.04. The van der Waals surface area contributed by atoms with E-state index in [0.717, 1.165) is 0 Å². The first kappa shape index (κ1) is 13.0. The van der Waals surface area contributed by atoms with E-state index in [4.69, 9.17) is 22.0 Å². The number of hydrogen-bond donors (Lipinski definition) is 2. The van der Waals surface area contributed by atoms with Crippen molar-refractivity contribution < 1.29 is 14.7 Å². The van der Waals surface area contributed by atoms with Gasteiger partial charge in [0.05, 0.1) is 22.3 Å². The van der Waals surface area contributed by atoms with Crippen LogP contribution < -0.4 is 5.32 Å². The number of carboxylic acids is 1. The largest absolute Gasteiger partial charge is 0.481 e. The smallest absolute Gasteiger partial charge is 0.315 e. The van der Waals surface area contributed by atoms with Crippen molar-refractivity contribution in [3.63, 3.8) is 0 Å². The zero-order valence-corrected chi connectivity index (χ0v) is 9.65. The molecular formula is C11H9ClN2O3. The number of nitrogens with zero attached hydrogens (tertiary/aromatic N) is 1. The quantitative estimate of drug-likeness (QED) is 0.804. The predicted octanol–water partition coefficient (Wildman–Crippen LogP) is 1.87. The number of rotatable bonds is 3. The first-order valence-electron chi connectivity index (χ1n) is 4.69. The predicted molar refractivity (Wildman–Crippen MR) is 61.6 cm³/mol. The number of nitrogens with one attached hydrogen (secondary N) is 1. The van der Waals surface area contributed by atoms with E-state index >= 15 is 0 Å². The average molecular weight is 253 g/mol. The zero-order chi connectivity index (χ0) is 13.0. The van der Waals surface area contributed by atoms with Crippen LogP contribution in [0.4, 0.5) is 5.69 Å². The normalized spacial score (nSPS) is 11.4. The Morgan fingerprint density at radius 1 is 1.53 bits per heavy atom. The molecule has 1 unspecified atom stereocenters. The highest BCUT2D eigenvalue weighted by Gasteiger charge is 2.21. The summed E-state index contributed by atoms with van der Waals surface area (Å²) in [7, 11) is 0. The maximum Gasteiger partial charge on any atom is 0.315 e. The molecule has 17 heavy (non-hydrogen) atoms. The van der Waals surface area contributed by atoms with E-state index in [0.29, 0.717) is 5.56 Å². The second kappa shape index (κ2) is 5.32. The summed E-state index contributed by atoms with van der Waals surface area (Å²) in [5.41, 5.74) is 0.642. The van der Waals surface area contributed by atoms with Crippen LogP contribution in [0.3, 0.4) is 0 Å². The number of aliphatic carboxylic acids is 1. The molecule has 0 fully saturated rings. The topological polar surface area (TPSA) is 90.2 Å². The number of hydrogen-bond acceptors (Lipinski definition) is 3. The van der Waals surface area contributed by atoms with Crippen LogP contribution in [0.15, 0.2) is 18.2 Å². The van der Waals surface area contributed by atoms with Crippen molar-refractivity contribution in [2.24, 2.45) is 5.92 Å². The molecule has 1 rings (SSSR count). The fraction of sp³-hybridized carbons (Fsp3) is 0.182. The lowest BCUT2D eigenvalue weighted by Crippen LogP contribution is -2.26. The van der Waals surface area contributed by atoms with Crippen molar-refractivity contribution in [3.05, 3.63) is 28.8 Å². The van der Waals surface area contributed by atoms with Crippen LogP contribution in [0.5, 0.6) is 0 Å². The number of carbonyl (C=O) groups is 2. The van der Waals surface area contributed by atoms with Gasteiger partial charge in [0.1, 0.15) is 5.92 Å². The Morgan fingerprint density at radius 2 is 2.18 bits per heavy atom. The van der Waals surface area contributed by atoms with Gasteiger partial charge in [0.25, 0.3) is 0 Å². The minimum atomic E-state index is -1.22. The molecule has 0 radical (unpaired) electrons. The lowest BCUT2D eigenvalue weighted by Gasteiger charge is -2.09. The maximum atomic E-state index is 11.4. The molecule has 0 aliphatic rings. The molecule has 0 bridgehead atoms. The first-order valence-corrected chi connectivity index (χ1v) is 5.07. The summed E-state index contributed by atoms with van der Waals surface area (Å²) in [6.07, 6.45) is 0. The summed E-state index contributed by atoms with van der Waals surface area (Å²) in [5, 5.41) is 19.8. The molecule has 6 heteroatoms. The molecule has 0 saturated carbocycles. The Hall–Kier alpha value is -2.06. The van der Waals surface area contributed by atoms with E-state index < -0.39 is 17.8 Å². The summed E-state index contributed by atoms with van der Waals surface area (Å²) in [6, 6.07) is 6.22. The van der Waals surface area contributed by atoms with Crippen LogP contribution in [0, 0.1) is 17.2 Å². The van der Waals surface area contributed by atoms with Gasteiger partial charge in [0, 0.05) is 0 Å². The van der Waals surface area contributed by atoms with Gasteiger partial charge in [-0.15, -0.1) is 0 Å². The second-order valence-electron chi connectivity index (χ2n) is 3.36. The molecule has 0 spiro atoms. The van der Waals surface area contributed by atoms with E-state index in [1.807, 2.05) is 6.07 Å². The molecule has 0 aliphatic carbocycles. The van der Waals surface area contributed by atoms with Crippen molar-refractivity contribution in [1.29, 1.82) is 5.26 Å². The molecule has 1 amide bonds. The van der Waals surface area contributed by atoms with Crippen LogP contribution >= 0.6 is 11.6 Å². The molecule has 0 aromatic heterocycles. The highest BCUT2D eigenvalue weighted by Crippen LogP contribution is 2.23. The Kier molecular flexibility index (Phi) is 4.07. The Bertz CT molecular complexity index is 508. The van der Waals surface area contributed by atoms with Crippen molar-refractivity contribution in [3.8, 4) is 6.07 Å². The zero-order valence-electron chi connectivity index (χ0n) is 8.90. The minimum absolute atomic E-state index is 0.190. The Labute approximate surface area is 103 Å². The third-order valence-electron chi connectivity index (χ3n) is 2.12. The average Bonchev–Trinajstić information content (AvgIpc) is 2.30. The van der Waals surface area contributed by atoms with E-state index in [9.17, 15) is 9.59 Å². The molecule has 1 aromatic carbocycles. The summed E-state index contributed by atoms with van der Waals surface area (Å²) >= 11 is 5.82. The molecule has 1 atom stereocenters. The van der Waals surface area contributed by atoms with Gasteiger partial charge in [-0.2, -0.15) is 5.26 Å². The molecule has 0 saturated heterocycles. The number of halogens is 1. The van der Waals surface area contributed by atoms with Gasteiger partial charge in [-0.3, -0.25) is 9.59 Å². The van der Waals surface area contributed by atoms with Gasteiger partial charge in [-0.25, -0.2) is 0 Å². The third kappa shape index (κ3) is 3.20. The van der Waals surface area contributed by atoms with Gasteiger partial charge < -0.3 is 10.4 Å². The molecule has 88 valence electrons. The van der Waals surface area contributed by atoms with Crippen LogP contribution in [-0.4, -0.2) is 17.0 Å². The first-order chi connectivity index (χ1) is 7.95. The summed E-state index contributed by atoms with van der Waals surface area (Å²) in [6.45, 7) is 1.27. The summed E-state index contributed by atoms with van der Waals surface area (Å²) in [4.78, 5) is 22.0. The van der Waals surface area contributed by atoms with Crippen molar-refractivity contribution in [2.45, 2.75) is 6.92 Å². The van der Waals surface area contributed by atoms with Gasteiger partial charge in [0.2, 0.25) is 5.91 Å². The van der Waals surface area contributed by atoms with Crippen molar-refractivity contribution in [2.75, 3.05) is 5.32 Å². The second-order valence-corrected chi connectivity index (χ2v) is 3.76.